The average molecular weight is 262 g/mol. The van der Waals surface area contributed by atoms with Gasteiger partial charge in [-0.1, -0.05) is 24.3 Å². The molecule has 0 spiro atoms. The van der Waals surface area contributed by atoms with Crippen LogP contribution in [-0.4, -0.2) is 41.5 Å². The van der Waals surface area contributed by atoms with Crippen LogP contribution in [0.4, 0.5) is 0 Å². The lowest BCUT2D eigenvalue weighted by Gasteiger charge is -2.28. The summed E-state index contributed by atoms with van der Waals surface area (Å²) >= 11 is 0. The summed E-state index contributed by atoms with van der Waals surface area (Å²) in [5.74, 6) is -0.933. The third-order valence-electron chi connectivity index (χ3n) is 3.42. The summed E-state index contributed by atoms with van der Waals surface area (Å²) in [5.41, 5.74) is 2.41. The molecule has 2 rings (SSSR count). The first-order valence-electron chi connectivity index (χ1n) is 6.35. The molecule has 0 bridgehead atoms. The molecule has 5 heteroatoms. The van der Waals surface area contributed by atoms with E-state index in [4.69, 9.17) is 5.11 Å². The molecule has 1 atom stereocenters. The Morgan fingerprint density at radius 1 is 1.37 bits per heavy atom. The van der Waals surface area contributed by atoms with Crippen LogP contribution in [0.5, 0.6) is 0 Å². The zero-order chi connectivity index (χ0) is 13.8. The molecule has 102 valence electrons. The molecule has 1 aliphatic heterocycles. The maximum Gasteiger partial charge on any atom is 0.305 e. The lowest BCUT2D eigenvalue weighted by molar-refractivity contribution is -0.138. The van der Waals surface area contributed by atoms with Crippen LogP contribution in [0, 0.1) is 0 Å². The lowest BCUT2D eigenvalue weighted by Crippen LogP contribution is -2.48. The molecule has 0 aliphatic carbocycles. The summed E-state index contributed by atoms with van der Waals surface area (Å²) in [6, 6.07) is 7.79. The van der Waals surface area contributed by atoms with Crippen LogP contribution in [0.25, 0.3) is 0 Å². The van der Waals surface area contributed by atoms with E-state index in [1.807, 2.05) is 18.2 Å². The number of aliphatic carboxylic acids is 1. The van der Waals surface area contributed by atoms with Crippen molar-refractivity contribution in [1.29, 1.82) is 0 Å². The molecule has 0 radical (unpaired) electrons. The van der Waals surface area contributed by atoms with E-state index in [-0.39, 0.29) is 24.9 Å². The second-order valence-electron chi connectivity index (χ2n) is 4.81. The standard InChI is InChI=1S/C14H18N2O3/c1-16(7-6-13(17)18)14(19)12-8-10-4-2-3-5-11(10)9-15-12/h2-5,12,15H,6-9H2,1H3,(H,17,18). The number of nitrogens with one attached hydrogen (secondary N) is 1. The van der Waals surface area contributed by atoms with Gasteiger partial charge in [0.25, 0.3) is 0 Å². The van der Waals surface area contributed by atoms with Crippen molar-refractivity contribution in [2.75, 3.05) is 13.6 Å². The molecule has 5 nitrogen and oxygen atoms in total. The molecule has 0 saturated heterocycles. The predicted molar refractivity (Wildman–Crippen MR) is 70.7 cm³/mol. The van der Waals surface area contributed by atoms with Gasteiger partial charge in [0.1, 0.15) is 0 Å². The van der Waals surface area contributed by atoms with Crippen molar-refractivity contribution in [3.63, 3.8) is 0 Å². The molecule has 19 heavy (non-hydrogen) atoms. The number of benzene rings is 1. The quantitative estimate of drug-likeness (QED) is 0.835. The van der Waals surface area contributed by atoms with Crippen LogP contribution in [-0.2, 0) is 22.6 Å². The topological polar surface area (TPSA) is 69.6 Å². The Kier molecular flexibility index (Phi) is 4.16. The number of hydrogen-bond donors (Lipinski definition) is 2. The third kappa shape index (κ3) is 3.32. The van der Waals surface area contributed by atoms with Gasteiger partial charge in [0.15, 0.2) is 0 Å². The Morgan fingerprint density at radius 2 is 2.05 bits per heavy atom. The maximum atomic E-state index is 12.2. The van der Waals surface area contributed by atoms with E-state index < -0.39 is 5.97 Å². The molecule has 1 aliphatic rings. The first-order valence-corrected chi connectivity index (χ1v) is 6.35. The molecule has 1 unspecified atom stereocenters. The number of carbonyl (C=O) groups is 2. The highest BCUT2D eigenvalue weighted by Gasteiger charge is 2.26. The number of hydrogen-bond acceptors (Lipinski definition) is 3. The van der Waals surface area contributed by atoms with Gasteiger partial charge in [-0.25, -0.2) is 0 Å². The minimum Gasteiger partial charge on any atom is -0.481 e. The highest BCUT2D eigenvalue weighted by molar-refractivity contribution is 5.82. The molecule has 1 heterocycles. The van der Waals surface area contributed by atoms with E-state index >= 15 is 0 Å². The zero-order valence-corrected chi connectivity index (χ0v) is 10.9. The van der Waals surface area contributed by atoms with Crippen LogP contribution in [0.2, 0.25) is 0 Å². The van der Waals surface area contributed by atoms with Gasteiger partial charge in [-0.3, -0.25) is 9.59 Å². The van der Waals surface area contributed by atoms with Gasteiger partial charge in [-0.05, 0) is 17.5 Å². The summed E-state index contributed by atoms with van der Waals surface area (Å²) in [5, 5.41) is 11.8. The van der Waals surface area contributed by atoms with Crippen molar-refractivity contribution in [2.24, 2.45) is 0 Å². The molecule has 1 aromatic carbocycles. The molecule has 0 fully saturated rings. The number of likely N-dealkylation sites (N-methyl/N-ethyl adjacent to an activating group) is 1. The highest BCUT2D eigenvalue weighted by Crippen LogP contribution is 2.17. The van der Waals surface area contributed by atoms with E-state index in [2.05, 4.69) is 11.4 Å². The first kappa shape index (κ1) is 13.5. The monoisotopic (exact) mass is 262 g/mol. The van der Waals surface area contributed by atoms with Gasteiger partial charge in [-0.15, -0.1) is 0 Å². The van der Waals surface area contributed by atoms with Crippen molar-refractivity contribution in [3.05, 3.63) is 35.4 Å². The molecule has 0 saturated carbocycles. The number of nitrogens with zero attached hydrogens (tertiary/aromatic N) is 1. The fraction of sp³-hybridized carbons (Fsp3) is 0.429. The number of fused-ring (bicyclic) bond motifs is 1. The summed E-state index contributed by atoms with van der Waals surface area (Å²) in [7, 11) is 1.65. The predicted octanol–water partition coefficient (Wildman–Crippen LogP) is 0.634. The highest BCUT2D eigenvalue weighted by atomic mass is 16.4. The van der Waals surface area contributed by atoms with E-state index in [1.54, 1.807) is 7.05 Å². The van der Waals surface area contributed by atoms with Gasteiger partial charge in [0.2, 0.25) is 5.91 Å². The summed E-state index contributed by atoms with van der Waals surface area (Å²) < 4.78 is 0. The van der Waals surface area contributed by atoms with Crippen molar-refractivity contribution in [1.82, 2.24) is 10.2 Å². The third-order valence-corrected chi connectivity index (χ3v) is 3.42. The summed E-state index contributed by atoms with van der Waals surface area (Å²) in [4.78, 5) is 24.2. The second-order valence-corrected chi connectivity index (χ2v) is 4.81. The molecular weight excluding hydrogens is 244 g/mol. The van der Waals surface area contributed by atoms with E-state index in [0.29, 0.717) is 13.0 Å². The van der Waals surface area contributed by atoms with Gasteiger partial charge < -0.3 is 15.3 Å². The summed E-state index contributed by atoms with van der Waals surface area (Å²) in [6.07, 6.45) is 0.637. The Hall–Kier alpha value is -1.88. The lowest BCUT2D eigenvalue weighted by atomic mass is 9.95. The maximum absolute atomic E-state index is 12.2. The molecule has 1 amide bonds. The Labute approximate surface area is 112 Å². The number of amides is 1. The fourth-order valence-electron chi connectivity index (χ4n) is 2.27. The SMILES string of the molecule is CN(CCC(=O)O)C(=O)C1Cc2ccccc2CN1. The van der Waals surface area contributed by atoms with Crippen LogP contribution in [0.3, 0.4) is 0 Å². The Balaban J connectivity index is 1.96. The van der Waals surface area contributed by atoms with Crippen LogP contribution in [0.15, 0.2) is 24.3 Å². The van der Waals surface area contributed by atoms with Gasteiger partial charge in [0, 0.05) is 20.1 Å². The molecule has 0 aromatic heterocycles. The average Bonchev–Trinajstić information content (AvgIpc) is 2.43. The largest absolute Gasteiger partial charge is 0.481 e. The van der Waals surface area contributed by atoms with Crippen LogP contribution < -0.4 is 5.32 Å². The van der Waals surface area contributed by atoms with Crippen molar-refractivity contribution < 1.29 is 14.7 Å². The minimum atomic E-state index is -0.887. The summed E-state index contributed by atoms with van der Waals surface area (Å²) in [6.45, 7) is 0.924. The number of carbonyl (C=O) groups excluding carboxylic acids is 1. The number of rotatable bonds is 4. The van der Waals surface area contributed by atoms with Crippen LogP contribution in [0.1, 0.15) is 17.5 Å². The van der Waals surface area contributed by atoms with Gasteiger partial charge in [-0.2, -0.15) is 0 Å². The van der Waals surface area contributed by atoms with E-state index in [9.17, 15) is 9.59 Å². The smallest absolute Gasteiger partial charge is 0.305 e. The first-order chi connectivity index (χ1) is 9.08. The normalized spacial score (nSPS) is 17.6. The van der Waals surface area contributed by atoms with E-state index in [1.165, 1.54) is 16.0 Å². The molecule has 1 aromatic rings. The second kappa shape index (κ2) is 5.84. The number of carboxylic acid groups (broad SMARTS) is 1. The molecule has 2 N–H and O–H groups in total. The zero-order valence-electron chi connectivity index (χ0n) is 10.9. The number of carboxylic acids is 1. The van der Waals surface area contributed by atoms with Crippen molar-refractivity contribution in [2.45, 2.75) is 25.4 Å². The minimum absolute atomic E-state index is 0.0223. The van der Waals surface area contributed by atoms with E-state index in [0.717, 1.165) is 0 Å². The Morgan fingerprint density at radius 3 is 2.74 bits per heavy atom. The Bertz CT molecular complexity index is 487. The van der Waals surface area contributed by atoms with Crippen molar-refractivity contribution >= 4 is 11.9 Å². The fourth-order valence-corrected chi connectivity index (χ4v) is 2.27. The van der Waals surface area contributed by atoms with Crippen molar-refractivity contribution in [3.8, 4) is 0 Å². The molecular formula is C14H18N2O3. The van der Waals surface area contributed by atoms with Gasteiger partial charge in [0.05, 0.1) is 12.5 Å². The van der Waals surface area contributed by atoms with Crippen LogP contribution >= 0.6 is 0 Å². The van der Waals surface area contributed by atoms with Gasteiger partial charge >= 0.3 is 5.97 Å².